The highest BCUT2D eigenvalue weighted by atomic mass is 35.5. The minimum atomic E-state index is -0.110. The molecule has 0 spiro atoms. The molecule has 1 aromatic heterocycles. The van der Waals surface area contributed by atoms with Gasteiger partial charge in [-0.2, -0.15) is 4.68 Å². The summed E-state index contributed by atoms with van der Waals surface area (Å²) in [7, 11) is 2.09. The number of hydrogen-bond donors (Lipinski definition) is 0. The molecule has 1 unspecified atom stereocenters. The molecule has 1 heterocycles. The number of nitrogens with zero attached hydrogens (tertiary/aromatic N) is 5. The monoisotopic (exact) mass is 403 g/mol. The first kappa shape index (κ1) is 19.3. The quantitative estimate of drug-likeness (QED) is 0.462. The predicted molar refractivity (Wildman–Crippen MR) is 115 cm³/mol. The van der Waals surface area contributed by atoms with Crippen LogP contribution in [0, 0.1) is 6.92 Å². The van der Waals surface area contributed by atoms with Crippen molar-refractivity contribution in [2.75, 3.05) is 7.05 Å². The van der Waals surface area contributed by atoms with E-state index >= 15 is 0 Å². The molecule has 6 heteroatoms. The molecule has 1 atom stereocenters. The summed E-state index contributed by atoms with van der Waals surface area (Å²) in [5, 5.41) is 13.5. The Bertz CT molecular complexity index is 1080. The van der Waals surface area contributed by atoms with Crippen LogP contribution in [0.15, 0.2) is 78.9 Å². The Kier molecular flexibility index (Phi) is 5.69. The molecule has 5 nitrogen and oxygen atoms in total. The van der Waals surface area contributed by atoms with Gasteiger partial charge in [0.2, 0.25) is 0 Å². The number of hydrogen-bond acceptors (Lipinski definition) is 4. The van der Waals surface area contributed by atoms with Gasteiger partial charge in [-0.15, -0.1) is 5.10 Å². The van der Waals surface area contributed by atoms with E-state index < -0.39 is 0 Å². The molecule has 0 aliphatic rings. The van der Waals surface area contributed by atoms with Crippen molar-refractivity contribution in [2.24, 2.45) is 0 Å². The number of halogens is 1. The van der Waals surface area contributed by atoms with Gasteiger partial charge in [-0.05, 0) is 59.3 Å². The Morgan fingerprint density at radius 1 is 0.931 bits per heavy atom. The Labute approximate surface area is 175 Å². The molecule has 0 fully saturated rings. The third-order valence-electron chi connectivity index (χ3n) is 4.98. The van der Waals surface area contributed by atoms with Crippen LogP contribution in [-0.2, 0) is 6.54 Å². The molecule has 0 amide bonds. The second-order valence-corrected chi connectivity index (χ2v) is 7.53. The zero-order valence-electron chi connectivity index (χ0n) is 16.4. The lowest BCUT2D eigenvalue weighted by Gasteiger charge is -2.28. The van der Waals surface area contributed by atoms with Gasteiger partial charge in [-0.25, -0.2) is 0 Å². The standard InChI is InChI=1S/C23H22ClN5/c1-17-8-6-7-11-21(17)29-23(25-26-27-29)22(19-9-4-3-5-10-19)28(2)16-18-12-14-20(24)15-13-18/h3-15,22H,16H2,1-2H3. The molecule has 0 saturated heterocycles. The molecule has 146 valence electrons. The van der Waals surface area contributed by atoms with Crippen molar-refractivity contribution in [2.45, 2.75) is 19.5 Å². The lowest BCUT2D eigenvalue weighted by atomic mass is 10.0. The zero-order valence-corrected chi connectivity index (χ0v) is 17.2. The summed E-state index contributed by atoms with van der Waals surface area (Å²) in [6, 6.07) is 26.3. The van der Waals surface area contributed by atoms with Gasteiger partial charge in [0.15, 0.2) is 5.82 Å². The molecule has 4 rings (SSSR count). The van der Waals surface area contributed by atoms with Gasteiger partial charge in [-0.1, -0.05) is 72.3 Å². The SMILES string of the molecule is Cc1ccccc1-n1nnnc1C(c1ccccc1)N(C)Cc1ccc(Cl)cc1. The number of tetrazole rings is 1. The van der Waals surface area contributed by atoms with E-state index in [2.05, 4.69) is 52.6 Å². The third kappa shape index (κ3) is 4.21. The number of aromatic nitrogens is 4. The Morgan fingerprint density at radius 3 is 2.34 bits per heavy atom. The van der Waals surface area contributed by atoms with Gasteiger partial charge < -0.3 is 0 Å². The molecule has 0 radical (unpaired) electrons. The molecular weight excluding hydrogens is 382 g/mol. The second-order valence-electron chi connectivity index (χ2n) is 7.09. The summed E-state index contributed by atoms with van der Waals surface area (Å²) in [6.45, 7) is 2.80. The van der Waals surface area contributed by atoms with E-state index in [4.69, 9.17) is 11.6 Å². The maximum absolute atomic E-state index is 6.05. The highest BCUT2D eigenvalue weighted by molar-refractivity contribution is 6.30. The lowest BCUT2D eigenvalue weighted by Crippen LogP contribution is -2.28. The van der Waals surface area contributed by atoms with Crippen molar-refractivity contribution in [3.8, 4) is 5.69 Å². The maximum atomic E-state index is 6.05. The van der Waals surface area contributed by atoms with Crippen molar-refractivity contribution in [1.82, 2.24) is 25.1 Å². The Balaban J connectivity index is 1.76. The molecule has 0 saturated carbocycles. The van der Waals surface area contributed by atoms with E-state index in [1.807, 2.05) is 65.3 Å². The average molecular weight is 404 g/mol. The van der Waals surface area contributed by atoms with Gasteiger partial charge in [0.05, 0.1) is 11.7 Å². The minimum Gasteiger partial charge on any atom is -0.288 e. The summed E-state index contributed by atoms with van der Waals surface area (Å²) in [5.41, 5.74) is 4.41. The topological polar surface area (TPSA) is 46.8 Å². The van der Waals surface area contributed by atoms with Crippen LogP contribution in [0.25, 0.3) is 5.69 Å². The van der Waals surface area contributed by atoms with Crippen LogP contribution in [0.3, 0.4) is 0 Å². The highest BCUT2D eigenvalue weighted by Gasteiger charge is 2.26. The number of benzene rings is 3. The molecule has 3 aromatic carbocycles. The Morgan fingerprint density at radius 2 is 1.62 bits per heavy atom. The predicted octanol–water partition coefficient (Wildman–Crippen LogP) is 4.85. The van der Waals surface area contributed by atoms with Crippen LogP contribution >= 0.6 is 11.6 Å². The fourth-order valence-electron chi connectivity index (χ4n) is 3.54. The van der Waals surface area contributed by atoms with Gasteiger partial charge in [0, 0.05) is 11.6 Å². The summed E-state index contributed by atoms with van der Waals surface area (Å²) < 4.78 is 1.84. The van der Waals surface area contributed by atoms with E-state index in [-0.39, 0.29) is 6.04 Å². The fourth-order valence-corrected chi connectivity index (χ4v) is 3.67. The minimum absolute atomic E-state index is 0.110. The van der Waals surface area contributed by atoms with Crippen LogP contribution in [0.1, 0.15) is 28.6 Å². The van der Waals surface area contributed by atoms with Crippen molar-refractivity contribution in [3.05, 3.63) is 106 Å². The molecule has 0 bridgehead atoms. The molecule has 29 heavy (non-hydrogen) atoms. The van der Waals surface area contributed by atoms with Crippen LogP contribution in [0.2, 0.25) is 5.02 Å². The first-order chi connectivity index (χ1) is 14.1. The van der Waals surface area contributed by atoms with Crippen molar-refractivity contribution in [1.29, 1.82) is 0 Å². The third-order valence-corrected chi connectivity index (χ3v) is 5.24. The normalized spacial score (nSPS) is 12.3. The van der Waals surface area contributed by atoms with E-state index in [1.165, 1.54) is 5.56 Å². The maximum Gasteiger partial charge on any atom is 0.178 e. The first-order valence-corrected chi connectivity index (χ1v) is 9.85. The molecule has 4 aromatic rings. The lowest BCUT2D eigenvalue weighted by molar-refractivity contribution is 0.258. The average Bonchev–Trinajstić information content (AvgIpc) is 3.20. The van der Waals surface area contributed by atoms with Crippen molar-refractivity contribution < 1.29 is 0 Å². The van der Waals surface area contributed by atoms with Crippen LogP contribution < -0.4 is 0 Å². The number of rotatable bonds is 6. The summed E-state index contributed by atoms with van der Waals surface area (Å²) in [5.74, 6) is 0.780. The van der Waals surface area contributed by atoms with Crippen molar-refractivity contribution >= 4 is 11.6 Å². The molecule has 0 aliphatic heterocycles. The van der Waals surface area contributed by atoms with Gasteiger partial charge in [0.1, 0.15) is 0 Å². The summed E-state index contributed by atoms with van der Waals surface area (Å²) in [4.78, 5) is 2.25. The van der Waals surface area contributed by atoms with Gasteiger partial charge in [0.25, 0.3) is 0 Å². The van der Waals surface area contributed by atoms with E-state index in [0.29, 0.717) is 0 Å². The zero-order chi connectivity index (χ0) is 20.2. The van der Waals surface area contributed by atoms with Gasteiger partial charge in [-0.3, -0.25) is 4.90 Å². The first-order valence-electron chi connectivity index (χ1n) is 9.47. The van der Waals surface area contributed by atoms with Crippen LogP contribution in [-0.4, -0.2) is 32.2 Å². The molecular formula is C23H22ClN5. The number of aryl methyl sites for hydroxylation is 1. The highest BCUT2D eigenvalue weighted by Crippen LogP contribution is 2.29. The van der Waals surface area contributed by atoms with E-state index in [9.17, 15) is 0 Å². The van der Waals surface area contributed by atoms with E-state index in [1.54, 1.807) is 0 Å². The summed E-state index contributed by atoms with van der Waals surface area (Å²) >= 11 is 6.05. The molecule has 0 N–H and O–H groups in total. The van der Waals surface area contributed by atoms with Crippen molar-refractivity contribution in [3.63, 3.8) is 0 Å². The Hall–Kier alpha value is -3.02. The van der Waals surface area contributed by atoms with E-state index in [0.717, 1.165) is 34.2 Å². The van der Waals surface area contributed by atoms with Gasteiger partial charge >= 0.3 is 0 Å². The second kappa shape index (κ2) is 8.55. The molecule has 0 aliphatic carbocycles. The number of para-hydroxylation sites is 1. The summed E-state index contributed by atoms with van der Waals surface area (Å²) in [6.07, 6.45) is 0. The largest absolute Gasteiger partial charge is 0.288 e. The van der Waals surface area contributed by atoms with Crippen LogP contribution in [0.5, 0.6) is 0 Å². The fraction of sp³-hybridized carbons (Fsp3) is 0.174. The smallest absolute Gasteiger partial charge is 0.178 e. The van der Waals surface area contributed by atoms with Crippen LogP contribution in [0.4, 0.5) is 0 Å².